The molecule has 170 valence electrons. The summed E-state index contributed by atoms with van der Waals surface area (Å²) in [5.41, 5.74) is 1.60. The van der Waals surface area contributed by atoms with Gasteiger partial charge in [-0.25, -0.2) is 14.2 Å². The molecule has 0 N–H and O–H groups in total. The van der Waals surface area contributed by atoms with Crippen LogP contribution in [0.5, 0.6) is 0 Å². The molecule has 0 saturated carbocycles. The fraction of sp³-hybridized carbons (Fsp3) is 0.208. The minimum Gasteiger partial charge on any atom is -0.460 e. The van der Waals surface area contributed by atoms with E-state index in [1.807, 2.05) is 0 Å². The zero-order chi connectivity index (χ0) is 23.5. The number of fused-ring (bicyclic) bond motifs is 1. The number of nitrogens with zero attached hydrogens (tertiary/aromatic N) is 2. The number of halogens is 2. The number of rotatable bonds is 6. The average molecular weight is 487 g/mol. The molecule has 4 rings (SSSR count). The van der Waals surface area contributed by atoms with Gasteiger partial charge in [-0.3, -0.25) is 9.36 Å². The van der Waals surface area contributed by atoms with Crippen molar-refractivity contribution in [2.75, 3.05) is 20.3 Å². The molecule has 1 aromatic heterocycles. The highest BCUT2D eigenvalue weighted by atomic mass is 35.5. The number of thiazole rings is 1. The Hall–Kier alpha value is -3.07. The summed E-state index contributed by atoms with van der Waals surface area (Å²) < 4.78 is 25.5. The van der Waals surface area contributed by atoms with Crippen molar-refractivity contribution in [1.82, 2.24) is 4.57 Å². The number of esters is 1. The lowest BCUT2D eigenvalue weighted by Crippen LogP contribution is -2.40. The Morgan fingerprint density at radius 3 is 2.64 bits per heavy atom. The summed E-state index contributed by atoms with van der Waals surface area (Å²) in [6.45, 7) is 2.01. The molecule has 1 atom stereocenters. The summed E-state index contributed by atoms with van der Waals surface area (Å²) in [5.74, 6) is -0.953. The molecule has 0 radical (unpaired) electrons. The van der Waals surface area contributed by atoms with Crippen molar-refractivity contribution in [2.24, 2.45) is 4.99 Å². The number of carbonyl (C=O) groups excluding carboxylic acids is 1. The summed E-state index contributed by atoms with van der Waals surface area (Å²) >= 11 is 7.68. The number of hydrogen-bond donors (Lipinski definition) is 0. The number of benzene rings is 2. The second kappa shape index (κ2) is 9.82. The molecule has 0 spiro atoms. The number of methoxy groups -OCH3 is 1. The third kappa shape index (κ3) is 4.68. The number of allylic oxidation sites excluding steroid dienone is 1. The molecular weight excluding hydrogens is 467 g/mol. The molecule has 1 aliphatic rings. The van der Waals surface area contributed by atoms with Gasteiger partial charge < -0.3 is 9.47 Å². The molecule has 0 saturated heterocycles. The van der Waals surface area contributed by atoms with E-state index < -0.39 is 12.0 Å². The van der Waals surface area contributed by atoms with Crippen LogP contribution in [0.4, 0.5) is 4.39 Å². The van der Waals surface area contributed by atoms with E-state index in [1.54, 1.807) is 49.4 Å². The smallest absolute Gasteiger partial charge is 0.338 e. The van der Waals surface area contributed by atoms with Gasteiger partial charge in [-0.1, -0.05) is 53.3 Å². The SMILES string of the molecule is COCCOC(=O)C1=C(C)N=c2s/c(=C\c3ccc(F)cc3)c(=O)n2[C@@H]1c1ccccc1Cl. The van der Waals surface area contributed by atoms with E-state index in [-0.39, 0.29) is 30.2 Å². The maximum atomic E-state index is 13.5. The van der Waals surface area contributed by atoms with Gasteiger partial charge in [-0.15, -0.1) is 0 Å². The van der Waals surface area contributed by atoms with Crippen molar-refractivity contribution >= 4 is 35.0 Å². The molecule has 6 nitrogen and oxygen atoms in total. The Kier molecular flexibility index (Phi) is 6.88. The molecule has 0 amide bonds. The van der Waals surface area contributed by atoms with E-state index >= 15 is 0 Å². The van der Waals surface area contributed by atoms with Crippen LogP contribution in [0.1, 0.15) is 24.1 Å². The van der Waals surface area contributed by atoms with Crippen molar-refractivity contribution in [1.29, 1.82) is 0 Å². The maximum absolute atomic E-state index is 13.5. The van der Waals surface area contributed by atoms with Crippen LogP contribution >= 0.6 is 22.9 Å². The van der Waals surface area contributed by atoms with Crippen LogP contribution in [-0.2, 0) is 14.3 Å². The zero-order valence-electron chi connectivity index (χ0n) is 17.9. The van der Waals surface area contributed by atoms with Crippen molar-refractivity contribution < 1.29 is 18.7 Å². The van der Waals surface area contributed by atoms with Crippen LogP contribution in [0, 0.1) is 5.82 Å². The fourth-order valence-corrected chi connectivity index (χ4v) is 4.87. The lowest BCUT2D eigenvalue weighted by atomic mass is 9.96. The van der Waals surface area contributed by atoms with Gasteiger partial charge >= 0.3 is 5.97 Å². The molecular formula is C24H20ClFN2O4S. The third-order valence-electron chi connectivity index (χ3n) is 5.13. The van der Waals surface area contributed by atoms with Gasteiger partial charge in [0.05, 0.1) is 22.4 Å². The first-order valence-corrected chi connectivity index (χ1v) is 11.3. The van der Waals surface area contributed by atoms with E-state index in [2.05, 4.69) is 4.99 Å². The maximum Gasteiger partial charge on any atom is 0.338 e. The molecule has 9 heteroatoms. The van der Waals surface area contributed by atoms with Crippen LogP contribution in [-0.4, -0.2) is 30.9 Å². The molecule has 0 aliphatic carbocycles. The van der Waals surface area contributed by atoms with Gasteiger partial charge in [-0.2, -0.15) is 0 Å². The molecule has 2 aromatic carbocycles. The lowest BCUT2D eigenvalue weighted by molar-refractivity contribution is -0.140. The Morgan fingerprint density at radius 2 is 1.94 bits per heavy atom. The molecule has 0 bridgehead atoms. The Balaban J connectivity index is 1.90. The summed E-state index contributed by atoms with van der Waals surface area (Å²) in [7, 11) is 1.51. The van der Waals surface area contributed by atoms with Crippen LogP contribution < -0.4 is 14.9 Å². The van der Waals surface area contributed by atoms with Gasteiger partial charge in [0.25, 0.3) is 5.56 Å². The molecule has 1 aliphatic heterocycles. The van der Waals surface area contributed by atoms with Gasteiger partial charge in [0.2, 0.25) is 0 Å². The Bertz CT molecular complexity index is 1410. The number of aromatic nitrogens is 1. The minimum absolute atomic E-state index is 0.0658. The summed E-state index contributed by atoms with van der Waals surface area (Å²) in [4.78, 5) is 31.5. The second-order valence-electron chi connectivity index (χ2n) is 7.28. The lowest BCUT2D eigenvalue weighted by Gasteiger charge is -2.25. The first kappa shape index (κ1) is 23.1. The summed E-state index contributed by atoms with van der Waals surface area (Å²) in [6.07, 6.45) is 1.67. The number of hydrogen-bond acceptors (Lipinski definition) is 6. The first-order valence-electron chi connectivity index (χ1n) is 10.1. The minimum atomic E-state index is -0.805. The first-order chi connectivity index (χ1) is 15.9. The predicted octanol–water partition coefficient (Wildman–Crippen LogP) is 3.22. The molecule has 33 heavy (non-hydrogen) atoms. The normalized spacial score (nSPS) is 15.9. The Labute approximate surface area is 197 Å². The van der Waals surface area contributed by atoms with Crippen LogP contribution in [0.15, 0.2) is 69.6 Å². The van der Waals surface area contributed by atoms with E-state index in [4.69, 9.17) is 21.1 Å². The number of ether oxygens (including phenoxy) is 2. The van der Waals surface area contributed by atoms with Crippen molar-refractivity contribution in [3.8, 4) is 0 Å². The van der Waals surface area contributed by atoms with Crippen LogP contribution in [0.3, 0.4) is 0 Å². The van der Waals surface area contributed by atoms with Crippen molar-refractivity contribution in [2.45, 2.75) is 13.0 Å². The second-order valence-corrected chi connectivity index (χ2v) is 8.70. The molecule has 0 unspecified atom stereocenters. The largest absolute Gasteiger partial charge is 0.460 e. The average Bonchev–Trinajstić information content (AvgIpc) is 3.09. The van der Waals surface area contributed by atoms with E-state index in [1.165, 1.54) is 35.1 Å². The quantitative estimate of drug-likeness (QED) is 0.396. The van der Waals surface area contributed by atoms with Crippen LogP contribution in [0.25, 0.3) is 6.08 Å². The van der Waals surface area contributed by atoms with E-state index in [9.17, 15) is 14.0 Å². The summed E-state index contributed by atoms with van der Waals surface area (Å²) in [6, 6.07) is 12.1. The standard InChI is InChI=1S/C24H20ClFN2O4S/c1-14-20(23(30)32-12-11-31-2)21(17-5-3-4-6-18(17)25)28-22(29)19(33-24(28)27-14)13-15-7-9-16(26)10-8-15/h3-10,13,21H,11-12H2,1-2H3/b19-13-/t21-/m1/s1. The van der Waals surface area contributed by atoms with Crippen molar-refractivity contribution in [3.63, 3.8) is 0 Å². The third-order valence-corrected chi connectivity index (χ3v) is 6.46. The van der Waals surface area contributed by atoms with E-state index in [0.717, 1.165) is 0 Å². The van der Waals surface area contributed by atoms with Gasteiger partial charge in [0, 0.05) is 12.1 Å². The fourth-order valence-electron chi connectivity index (χ4n) is 3.58. The highest BCUT2D eigenvalue weighted by Gasteiger charge is 2.34. The van der Waals surface area contributed by atoms with Crippen molar-refractivity contribution in [3.05, 3.63) is 101 Å². The monoisotopic (exact) mass is 486 g/mol. The van der Waals surface area contributed by atoms with Gasteiger partial charge in [0.1, 0.15) is 18.5 Å². The molecule has 0 fully saturated rings. The number of carbonyl (C=O) groups is 1. The highest BCUT2D eigenvalue weighted by Crippen LogP contribution is 2.34. The van der Waals surface area contributed by atoms with Gasteiger partial charge in [0.15, 0.2) is 4.80 Å². The highest BCUT2D eigenvalue weighted by molar-refractivity contribution is 7.07. The molecule has 2 heterocycles. The molecule has 3 aromatic rings. The topological polar surface area (TPSA) is 69.9 Å². The van der Waals surface area contributed by atoms with E-state index in [0.29, 0.717) is 31.2 Å². The predicted molar refractivity (Wildman–Crippen MR) is 124 cm³/mol. The Morgan fingerprint density at radius 1 is 1.21 bits per heavy atom. The van der Waals surface area contributed by atoms with Gasteiger partial charge in [-0.05, 0) is 42.3 Å². The zero-order valence-corrected chi connectivity index (χ0v) is 19.5. The summed E-state index contributed by atoms with van der Waals surface area (Å²) in [5, 5.41) is 0.410. The van der Waals surface area contributed by atoms with Crippen LogP contribution in [0.2, 0.25) is 5.02 Å².